The van der Waals surface area contributed by atoms with Crippen LogP contribution in [0.5, 0.6) is 5.75 Å². The minimum absolute atomic E-state index is 0.206. The van der Waals surface area contributed by atoms with E-state index in [1.54, 1.807) is 48.2 Å². The standard InChI is InChI=1S/C22H22N2O4/c1-16(27-19-11-9-17(15-23)10-12-19)22(26)28-20(18-7-3-2-4-8-18)21(25)24-13-5-6-14-24/h2-4,7-12,16,20H,5-6,13-14H2,1H3. The second-order valence-corrected chi connectivity index (χ2v) is 6.66. The average Bonchev–Trinajstić information content (AvgIpc) is 3.27. The van der Waals surface area contributed by atoms with Gasteiger partial charge in [0.1, 0.15) is 5.75 Å². The fourth-order valence-electron chi connectivity index (χ4n) is 3.06. The van der Waals surface area contributed by atoms with Crippen molar-refractivity contribution in [2.24, 2.45) is 0 Å². The molecule has 144 valence electrons. The first-order valence-electron chi connectivity index (χ1n) is 9.29. The first-order chi connectivity index (χ1) is 13.6. The van der Waals surface area contributed by atoms with E-state index in [0.29, 0.717) is 30.0 Å². The molecular weight excluding hydrogens is 356 g/mol. The molecule has 0 radical (unpaired) electrons. The van der Waals surface area contributed by atoms with Gasteiger partial charge in [0, 0.05) is 18.7 Å². The van der Waals surface area contributed by atoms with Crippen molar-refractivity contribution in [3.05, 3.63) is 65.7 Å². The molecule has 0 bridgehead atoms. The highest BCUT2D eigenvalue weighted by Crippen LogP contribution is 2.24. The molecule has 1 aliphatic heterocycles. The Hall–Kier alpha value is -3.33. The molecule has 1 heterocycles. The summed E-state index contributed by atoms with van der Waals surface area (Å²) in [5.41, 5.74) is 1.14. The van der Waals surface area contributed by atoms with Crippen molar-refractivity contribution in [1.29, 1.82) is 5.26 Å². The summed E-state index contributed by atoms with van der Waals surface area (Å²) in [6.45, 7) is 2.93. The lowest BCUT2D eigenvalue weighted by Crippen LogP contribution is -2.37. The molecule has 2 atom stereocenters. The molecule has 6 heteroatoms. The topological polar surface area (TPSA) is 79.6 Å². The summed E-state index contributed by atoms with van der Waals surface area (Å²) >= 11 is 0. The third-order valence-electron chi connectivity index (χ3n) is 4.61. The van der Waals surface area contributed by atoms with Crippen molar-refractivity contribution in [3.63, 3.8) is 0 Å². The van der Waals surface area contributed by atoms with Crippen molar-refractivity contribution < 1.29 is 19.1 Å². The molecule has 0 N–H and O–H groups in total. The van der Waals surface area contributed by atoms with E-state index < -0.39 is 18.2 Å². The van der Waals surface area contributed by atoms with E-state index in [-0.39, 0.29) is 5.91 Å². The van der Waals surface area contributed by atoms with Crippen LogP contribution in [0.15, 0.2) is 54.6 Å². The van der Waals surface area contributed by atoms with Gasteiger partial charge in [-0.25, -0.2) is 4.79 Å². The molecule has 0 saturated carbocycles. The molecule has 1 fully saturated rings. The van der Waals surface area contributed by atoms with E-state index in [9.17, 15) is 9.59 Å². The molecule has 6 nitrogen and oxygen atoms in total. The highest BCUT2D eigenvalue weighted by Gasteiger charge is 2.32. The van der Waals surface area contributed by atoms with Crippen LogP contribution < -0.4 is 4.74 Å². The Morgan fingerprint density at radius 2 is 1.68 bits per heavy atom. The van der Waals surface area contributed by atoms with E-state index >= 15 is 0 Å². The van der Waals surface area contributed by atoms with Gasteiger partial charge in [-0.1, -0.05) is 30.3 Å². The van der Waals surface area contributed by atoms with Crippen molar-refractivity contribution in [2.75, 3.05) is 13.1 Å². The van der Waals surface area contributed by atoms with Gasteiger partial charge in [-0.15, -0.1) is 0 Å². The third kappa shape index (κ3) is 4.68. The number of rotatable bonds is 6. The summed E-state index contributed by atoms with van der Waals surface area (Å²) in [5, 5.41) is 8.85. The zero-order valence-electron chi connectivity index (χ0n) is 15.7. The monoisotopic (exact) mass is 378 g/mol. The number of carbonyl (C=O) groups excluding carboxylic acids is 2. The van der Waals surface area contributed by atoms with Gasteiger partial charge in [0.25, 0.3) is 5.91 Å². The lowest BCUT2D eigenvalue weighted by atomic mass is 10.1. The Labute approximate surface area is 164 Å². The number of carbonyl (C=O) groups is 2. The summed E-state index contributed by atoms with van der Waals surface area (Å²) in [4.78, 5) is 27.2. The zero-order chi connectivity index (χ0) is 19.9. The Kier molecular flexibility index (Phi) is 6.28. The largest absolute Gasteiger partial charge is 0.479 e. The van der Waals surface area contributed by atoms with Crippen LogP contribution in [0.3, 0.4) is 0 Å². The molecule has 0 spiro atoms. The third-order valence-corrected chi connectivity index (χ3v) is 4.61. The van der Waals surface area contributed by atoms with Crippen molar-refractivity contribution in [1.82, 2.24) is 4.90 Å². The number of hydrogen-bond donors (Lipinski definition) is 0. The Bertz CT molecular complexity index is 852. The quantitative estimate of drug-likeness (QED) is 0.721. The maximum atomic E-state index is 12.9. The van der Waals surface area contributed by atoms with Crippen LogP contribution in [-0.4, -0.2) is 36.0 Å². The Balaban J connectivity index is 1.70. The Morgan fingerprint density at radius 3 is 2.29 bits per heavy atom. The van der Waals surface area contributed by atoms with E-state index in [1.165, 1.54) is 0 Å². The van der Waals surface area contributed by atoms with Gasteiger partial charge < -0.3 is 14.4 Å². The predicted octanol–water partition coefficient (Wildman–Crippen LogP) is 3.23. The number of nitrogens with zero attached hydrogens (tertiary/aromatic N) is 2. The van der Waals surface area contributed by atoms with Gasteiger partial charge >= 0.3 is 5.97 Å². The maximum Gasteiger partial charge on any atom is 0.348 e. The van der Waals surface area contributed by atoms with Gasteiger partial charge in [-0.3, -0.25) is 4.79 Å². The number of benzene rings is 2. The number of likely N-dealkylation sites (tertiary alicyclic amines) is 1. The summed E-state index contributed by atoms with van der Waals surface area (Å²) < 4.78 is 11.2. The van der Waals surface area contributed by atoms with Crippen LogP contribution in [0, 0.1) is 11.3 Å². The number of ether oxygens (including phenoxy) is 2. The number of esters is 1. The smallest absolute Gasteiger partial charge is 0.348 e. The minimum Gasteiger partial charge on any atom is -0.479 e. The van der Waals surface area contributed by atoms with Crippen molar-refractivity contribution >= 4 is 11.9 Å². The molecule has 1 aliphatic rings. The van der Waals surface area contributed by atoms with E-state index in [1.807, 2.05) is 24.3 Å². The van der Waals surface area contributed by atoms with Crippen molar-refractivity contribution in [3.8, 4) is 11.8 Å². The van der Waals surface area contributed by atoms with Crippen LogP contribution in [-0.2, 0) is 14.3 Å². The van der Waals surface area contributed by atoms with Gasteiger partial charge in [0.05, 0.1) is 11.6 Å². The second kappa shape index (κ2) is 9.05. The predicted molar refractivity (Wildman–Crippen MR) is 102 cm³/mol. The Morgan fingerprint density at radius 1 is 1.04 bits per heavy atom. The first-order valence-corrected chi connectivity index (χ1v) is 9.29. The molecule has 0 aliphatic carbocycles. The van der Waals surface area contributed by atoms with Gasteiger partial charge in [0.2, 0.25) is 6.10 Å². The molecule has 1 saturated heterocycles. The highest BCUT2D eigenvalue weighted by molar-refractivity contribution is 5.86. The first kappa shape index (κ1) is 19.4. The van der Waals surface area contributed by atoms with E-state index in [4.69, 9.17) is 14.7 Å². The zero-order valence-corrected chi connectivity index (χ0v) is 15.7. The highest BCUT2D eigenvalue weighted by atomic mass is 16.6. The van der Waals surface area contributed by atoms with E-state index in [2.05, 4.69) is 0 Å². The number of amides is 1. The lowest BCUT2D eigenvalue weighted by molar-refractivity contribution is -0.165. The molecule has 28 heavy (non-hydrogen) atoms. The number of nitriles is 1. The minimum atomic E-state index is -0.987. The molecule has 0 aromatic heterocycles. The molecule has 3 rings (SSSR count). The maximum absolute atomic E-state index is 12.9. The SMILES string of the molecule is CC(Oc1ccc(C#N)cc1)C(=O)OC(C(=O)N1CCCC1)c1ccccc1. The lowest BCUT2D eigenvalue weighted by Gasteiger charge is -2.25. The molecular formula is C22H22N2O4. The summed E-state index contributed by atoms with van der Waals surface area (Å²) in [6.07, 6.45) is 0.0306. The summed E-state index contributed by atoms with van der Waals surface area (Å²) in [7, 11) is 0. The van der Waals surface area contributed by atoms with Crippen LogP contribution >= 0.6 is 0 Å². The van der Waals surface area contributed by atoms with Crippen molar-refractivity contribution in [2.45, 2.75) is 32.0 Å². The van der Waals surface area contributed by atoms with Crippen LogP contribution in [0.4, 0.5) is 0 Å². The van der Waals surface area contributed by atoms with Gasteiger partial charge in [-0.2, -0.15) is 5.26 Å². The molecule has 2 aromatic rings. The van der Waals surface area contributed by atoms with Crippen LogP contribution in [0.2, 0.25) is 0 Å². The van der Waals surface area contributed by atoms with Crippen LogP contribution in [0.1, 0.15) is 37.0 Å². The average molecular weight is 378 g/mol. The van der Waals surface area contributed by atoms with Gasteiger partial charge in [0.15, 0.2) is 6.10 Å². The van der Waals surface area contributed by atoms with Crippen LogP contribution in [0.25, 0.3) is 0 Å². The summed E-state index contributed by atoms with van der Waals surface area (Å²) in [5.74, 6) is -0.376. The fraction of sp³-hybridized carbons (Fsp3) is 0.318. The summed E-state index contributed by atoms with van der Waals surface area (Å²) in [6, 6.07) is 17.5. The fourth-order valence-corrected chi connectivity index (χ4v) is 3.06. The molecule has 2 aromatic carbocycles. The van der Waals surface area contributed by atoms with E-state index in [0.717, 1.165) is 12.8 Å². The normalized spacial score (nSPS) is 15.4. The molecule has 1 amide bonds. The second-order valence-electron chi connectivity index (χ2n) is 6.66. The van der Waals surface area contributed by atoms with Gasteiger partial charge in [-0.05, 0) is 44.0 Å². The molecule has 2 unspecified atom stereocenters. The number of hydrogen-bond acceptors (Lipinski definition) is 5.